The number of rotatable bonds is 7. The maximum atomic E-state index is 12.3. The van der Waals surface area contributed by atoms with Crippen LogP contribution in [0.15, 0.2) is 47.4 Å². The van der Waals surface area contributed by atoms with Crippen molar-refractivity contribution in [3.8, 4) is 0 Å². The van der Waals surface area contributed by atoms with Crippen LogP contribution in [0.5, 0.6) is 0 Å². The number of ether oxygens (including phenoxy) is 1. The number of esters is 1. The normalized spacial score (nSPS) is 12.4. The van der Waals surface area contributed by atoms with E-state index in [0.717, 1.165) is 11.1 Å². The summed E-state index contributed by atoms with van der Waals surface area (Å²) in [5.74, 6) is -1.19. The molecule has 1 atom stereocenters. The van der Waals surface area contributed by atoms with Crippen LogP contribution in [0.2, 0.25) is 5.02 Å². The number of hydrogen-bond acceptors (Lipinski definition) is 5. The number of nitrogens with one attached hydrogen (secondary N) is 1. The Balaban J connectivity index is 1.98. The van der Waals surface area contributed by atoms with Crippen molar-refractivity contribution in [2.24, 2.45) is 0 Å². The van der Waals surface area contributed by atoms with E-state index in [4.69, 9.17) is 16.3 Å². The fourth-order valence-corrected chi connectivity index (χ4v) is 3.66. The smallest absolute Gasteiger partial charge is 0.324 e. The molecule has 1 N–H and O–H groups in total. The highest BCUT2D eigenvalue weighted by atomic mass is 35.5. The largest absolute Gasteiger partial charge is 0.456 e. The summed E-state index contributed by atoms with van der Waals surface area (Å²) in [5.41, 5.74) is 2.16. The van der Waals surface area contributed by atoms with Crippen LogP contribution in [0.25, 0.3) is 0 Å². The van der Waals surface area contributed by atoms with Gasteiger partial charge in [0.25, 0.3) is 0 Å². The van der Waals surface area contributed by atoms with Crippen LogP contribution in [0, 0.1) is 13.8 Å². The second-order valence-electron chi connectivity index (χ2n) is 6.15. The molecule has 0 aromatic heterocycles. The highest BCUT2D eigenvalue weighted by molar-refractivity contribution is 7.89. The molecule has 2 aromatic rings. The molecule has 0 aliphatic carbocycles. The number of carbonyl (C=O) groups excluding carboxylic acids is 2. The molecule has 0 saturated heterocycles. The van der Waals surface area contributed by atoms with E-state index in [1.54, 1.807) is 13.0 Å². The van der Waals surface area contributed by atoms with Gasteiger partial charge in [-0.25, -0.2) is 8.42 Å². The minimum atomic E-state index is -3.92. The van der Waals surface area contributed by atoms with Crippen LogP contribution < -0.4 is 4.72 Å². The van der Waals surface area contributed by atoms with E-state index >= 15 is 0 Å². The van der Waals surface area contributed by atoms with Gasteiger partial charge in [-0.05, 0) is 56.7 Å². The molecule has 8 heteroatoms. The van der Waals surface area contributed by atoms with E-state index < -0.39 is 28.6 Å². The van der Waals surface area contributed by atoms with Gasteiger partial charge < -0.3 is 4.74 Å². The highest BCUT2D eigenvalue weighted by Crippen LogP contribution is 2.15. The summed E-state index contributed by atoms with van der Waals surface area (Å²) in [6.07, 6.45) is 0. The summed E-state index contributed by atoms with van der Waals surface area (Å²) in [5, 5.41) is 0.395. The van der Waals surface area contributed by atoms with Crippen LogP contribution in [-0.4, -0.2) is 32.8 Å². The van der Waals surface area contributed by atoms with E-state index in [2.05, 4.69) is 4.72 Å². The molecule has 0 radical (unpaired) electrons. The summed E-state index contributed by atoms with van der Waals surface area (Å²) >= 11 is 5.74. The summed E-state index contributed by atoms with van der Waals surface area (Å²) in [6, 6.07) is 9.78. The topological polar surface area (TPSA) is 89.5 Å². The lowest BCUT2D eigenvalue weighted by Crippen LogP contribution is -2.40. The van der Waals surface area contributed by atoms with E-state index in [1.165, 1.54) is 31.2 Å². The molecule has 0 saturated carbocycles. The molecule has 0 fully saturated rings. The first-order chi connectivity index (χ1) is 12.6. The number of Topliss-reactive ketones (excluding diaryl/α,β-unsaturated/α-hetero) is 1. The first-order valence-electron chi connectivity index (χ1n) is 8.15. The van der Waals surface area contributed by atoms with E-state index in [0.29, 0.717) is 10.6 Å². The van der Waals surface area contributed by atoms with Gasteiger partial charge in [-0.1, -0.05) is 29.3 Å². The molecule has 2 aromatic carbocycles. The average molecular weight is 410 g/mol. The number of ketones is 1. The Morgan fingerprint density at radius 2 is 1.74 bits per heavy atom. The monoisotopic (exact) mass is 409 g/mol. The number of sulfonamides is 1. The van der Waals surface area contributed by atoms with Gasteiger partial charge in [-0.3, -0.25) is 9.59 Å². The van der Waals surface area contributed by atoms with Gasteiger partial charge in [0.1, 0.15) is 6.04 Å². The zero-order chi connectivity index (χ0) is 20.2. The van der Waals surface area contributed by atoms with Gasteiger partial charge >= 0.3 is 5.97 Å². The summed E-state index contributed by atoms with van der Waals surface area (Å²) < 4.78 is 31.7. The van der Waals surface area contributed by atoms with Crippen LogP contribution >= 0.6 is 11.6 Å². The van der Waals surface area contributed by atoms with E-state index in [1.807, 2.05) is 19.1 Å². The molecule has 27 heavy (non-hydrogen) atoms. The van der Waals surface area contributed by atoms with Gasteiger partial charge in [-0.15, -0.1) is 0 Å². The first-order valence-corrected chi connectivity index (χ1v) is 10.0. The predicted octanol–water partition coefficient (Wildman–Crippen LogP) is 3.05. The molecule has 6 nitrogen and oxygen atoms in total. The minimum Gasteiger partial charge on any atom is -0.456 e. The third-order valence-corrected chi connectivity index (χ3v) is 5.66. The Labute approximate surface area is 163 Å². The standard InChI is InChI=1S/C19H20ClNO5S/c1-12-4-5-13(2)17(10-12)18(22)11-26-19(23)14(3)21-27(24,25)16-8-6-15(20)7-9-16/h4-10,14,21H,11H2,1-3H3/t14-/m0/s1. The molecule has 0 bridgehead atoms. The molecule has 0 amide bonds. The number of aryl methyl sites for hydroxylation is 2. The number of hydrogen-bond donors (Lipinski definition) is 1. The van der Waals surface area contributed by atoms with E-state index in [-0.39, 0.29) is 10.7 Å². The second-order valence-corrected chi connectivity index (χ2v) is 8.30. The molecule has 0 unspecified atom stereocenters. The Morgan fingerprint density at radius 3 is 2.37 bits per heavy atom. The lowest BCUT2D eigenvalue weighted by molar-refractivity contribution is -0.144. The lowest BCUT2D eigenvalue weighted by atomic mass is 10.0. The molecule has 0 aliphatic rings. The van der Waals surface area contributed by atoms with Crippen molar-refractivity contribution in [2.45, 2.75) is 31.7 Å². The van der Waals surface area contributed by atoms with Crippen molar-refractivity contribution >= 4 is 33.4 Å². The SMILES string of the molecule is Cc1ccc(C)c(C(=O)COC(=O)[C@H](C)NS(=O)(=O)c2ccc(Cl)cc2)c1. The third-order valence-electron chi connectivity index (χ3n) is 3.85. The van der Waals surface area contributed by atoms with Crippen molar-refractivity contribution < 1.29 is 22.7 Å². The fraction of sp³-hybridized carbons (Fsp3) is 0.263. The maximum Gasteiger partial charge on any atom is 0.324 e. The average Bonchev–Trinajstić information content (AvgIpc) is 2.61. The van der Waals surface area contributed by atoms with Crippen molar-refractivity contribution in [3.63, 3.8) is 0 Å². The molecular weight excluding hydrogens is 390 g/mol. The van der Waals surface area contributed by atoms with Gasteiger partial charge in [0.05, 0.1) is 4.90 Å². The fourth-order valence-electron chi connectivity index (χ4n) is 2.34. The molecule has 0 heterocycles. The quantitative estimate of drug-likeness (QED) is 0.560. The van der Waals surface area contributed by atoms with Crippen LogP contribution in [0.3, 0.4) is 0 Å². The van der Waals surface area contributed by atoms with Gasteiger partial charge in [0, 0.05) is 10.6 Å². The number of halogens is 1. The molecular formula is C19H20ClNO5S. The summed E-state index contributed by atoms with van der Waals surface area (Å²) in [4.78, 5) is 24.3. The summed E-state index contributed by atoms with van der Waals surface area (Å²) in [6.45, 7) is 4.53. The summed E-state index contributed by atoms with van der Waals surface area (Å²) in [7, 11) is -3.92. The molecule has 0 aliphatic heterocycles. The third kappa shape index (κ3) is 5.63. The Bertz CT molecular complexity index is 955. The Hall–Kier alpha value is -2.22. The lowest BCUT2D eigenvalue weighted by Gasteiger charge is -2.14. The number of carbonyl (C=O) groups is 2. The minimum absolute atomic E-state index is 0.0296. The van der Waals surface area contributed by atoms with Crippen molar-refractivity contribution in [2.75, 3.05) is 6.61 Å². The van der Waals surface area contributed by atoms with Gasteiger partial charge in [0.2, 0.25) is 15.8 Å². The van der Waals surface area contributed by atoms with Crippen molar-refractivity contribution in [3.05, 3.63) is 64.2 Å². The van der Waals surface area contributed by atoms with Gasteiger partial charge in [0.15, 0.2) is 6.61 Å². The first kappa shape index (κ1) is 21.1. The highest BCUT2D eigenvalue weighted by Gasteiger charge is 2.24. The van der Waals surface area contributed by atoms with Crippen LogP contribution in [-0.2, 0) is 19.6 Å². The Kier molecular flexibility index (Phi) is 6.75. The predicted molar refractivity (Wildman–Crippen MR) is 102 cm³/mol. The second kappa shape index (κ2) is 8.65. The van der Waals surface area contributed by atoms with Crippen molar-refractivity contribution in [1.29, 1.82) is 0 Å². The number of benzene rings is 2. The molecule has 2 rings (SSSR count). The van der Waals surface area contributed by atoms with Crippen molar-refractivity contribution in [1.82, 2.24) is 4.72 Å². The zero-order valence-electron chi connectivity index (χ0n) is 15.2. The Morgan fingerprint density at radius 1 is 1.11 bits per heavy atom. The molecule has 0 spiro atoms. The maximum absolute atomic E-state index is 12.3. The zero-order valence-corrected chi connectivity index (χ0v) is 16.7. The van der Waals surface area contributed by atoms with Crippen LogP contribution in [0.4, 0.5) is 0 Å². The van der Waals surface area contributed by atoms with Crippen LogP contribution in [0.1, 0.15) is 28.4 Å². The van der Waals surface area contributed by atoms with E-state index in [9.17, 15) is 18.0 Å². The van der Waals surface area contributed by atoms with Gasteiger partial charge in [-0.2, -0.15) is 4.72 Å². The molecule has 144 valence electrons.